The molecule has 9 heteroatoms. The van der Waals surface area contributed by atoms with Gasteiger partial charge < -0.3 is 5.32 Å². The number of nitro benzene ring substituents is 1. The van der Waals surface area contributed by atoms with E-state index in [1.165, 1.54) is 29.5 Å². The van der Waals surface area contributed by atoms with Gasteiger partial charge in [-0.1, -0.05) is 12.1 Å². The molecule has 1 atom stereocenters. The molecular formula is C18H16N4O4S. The van der Waals surface area contributed by atoms with Crippen molar-refractivity contribution < 1.29 is 9.72 Å². The molecule has 2 aromatic heterocycles. The molecule has 0 saturated carbocycles. The van der Waals surface area contributed by atoms with Crippen LogP contribution in [0.3, 0.4) is 0 Å². The van der Waals surface area contributed by atoms with E-state index in [0.717, 1.165) is 9.56 Å². The van der Waals surface area contributed by atoms with Crippen molar-refractivity contribution in [2.24, 2.45) is 0 Å². The highest BCUT2D eigenvalue weighted by Gasteiger charge is 2.20. The SMILES string of the molecule is Cc1ccc([N+](=O)[O-])cc1NC(=O)C(C)n1nc(-c2cccs2)ccc1=O. The van der Waals surface area contributed by atoms with Crippen LogP contribution >= 0.6 is 11.3 Å². The van der Waals surface area contributed by atoms with E-state index in [4.69, 9.17) is 0 Å². The minimum absolute atomic E-state index is 0.126. The summed E-state index contributed by atoms with van der Waals surface area (Å²) in [6.07, 6.45) is 0. The number of carbonyl (C=O) groups excluding carboxylic acids is 1. The highest BCUT2D eigenvalue weighted by Crippen LogP contribution is 2.24. The summed E-state index contributed by atoms with van der Waals surface area (Å²) in [5.74, 6) is -0.489. The molecule has 27 heavy (non-hydrogen) atoms. The maximum Gasteiger partial charge on any atom is 0.271 e. The lowest BCUT2D eigenvalue weighted by molar-refractivity contribution is -0.384. The minimum atomic E-state index is -0.893. The maximum absolute atomic E-state index is 12.6. The topological polar surface area (TPSA) is 107 Å². The Morgan fingerprint density at radius 3 is 2.74 bits per heavy atom. The van der Waals surface area contributed by atoms with Crippen molar-refractivity contribution in [1.29, 1.82) is 0 Å². The van der Waals surface area contributed by atoms with Crippen LogP contribution in [0.1, 0.15) is 18.5 Å². The summed E-state index contributed by atoms with van der Waals surface area (Å²) in [5.41, 5.74) is 1.06. The number of nitro groups is 1. The molecule has 8 nitrogen and oxygen atoms in total. The number of benzene rings is 1. The highest BCUT2D eigenvalue weighted by molar-refractivity contribution is 7.13. The van der Waals surface area contributed by atoms with Crippen LogP contribution in [0.4, 0.5) is 11.4 Å². The molecule has 0 saturated heterocycles. The molecule has 138 valence electrons. The Balaban J connectivity index is 1.88. The van der Waals surface area contributed by atoms with Crippen molar-refractivity contribution in [3.8, 4) is 10.6 Å². The molecule has 1 N–H and O–H groups in total. The lowest BCUT2D eigenvalue weighted by Crippen LogP contribution is -2.33. The number of nitrogens with zero attached hydrogens (tertiary/aromatic N) is 3. The molecule has 2 heterocycles. The van der Waals surface area contributed by atoms with Gasteiger partial charge in [0.05, 0.1) is 15.5 Å². The van der Waals surface area contributed by atoms with Gasteiger partial charge in [-0.15, -0.1) is 11.3 Å². The second-order valence-electron chi connectivity index (χ2n) is 5.90. The van der Waals surface area contributed by atoms with Crippen LogP contribution in [0.15, 0.2) is 52.6 Å². The Labute approximate surface area is 158 Å². The first-order valence-corrected chi connectivity index (χ1v) is 8.94. The molecule has 0 aliphatic heterocycles. The van der Waals surface area contributed by atoms with E-state index >= 15 is 0 Å². The van der Waals surface area contributed by atoms with Gasteiger partial charge in [0.25, 0.3) is 11.2 Å². The number of rotatable bonds is 5. The van der Waals surface area contributed by atoms with Crippen molar-refractivity contribution in [1.82, 2.24) is 9.78 Å². The fraction of sp³-hybridized carbons (Fsp3) is 0.167. The van der Waals surface area contributed by atoms with Gasteiger partial charge in [-0.25, -0.2) is 4.68 Å². The fourth-order valence-corrected chi connectivity index (χ4v) is 3.16. The summed E-state index contributed by atoms with van der Waals surface area (Å²) in [6.45, 7) is 3.28. The number of hydrogen-bond acceptors (Lipinski definition) is 6. The van der Waals surface area contributed by atoms with E-state index in [-0.39, 0.29) is 5.69 Å². The Bertz CT molecular complexity index is 1060. The van der Waals surface area contributed by atoms with Gasteiger partial charge in [-0.2, -0.15) is 5.10 Å². The van der Waals surface area contributed by atoms with Crippen LogP contribution in [0, 0.1) is 17.0 Å². The van der Waals surface area contributed by atoms with Crippen LogP contribution in [-0.2, 0) is 4.79 Å². The zero-order valence-corrected chi connectivity index (χ0v) is 15.4. The molecule has 0 aliphatic carbocycles. The zero-order valence-electron chi connectivity index (χ0n) is 14.6. The summed E-state index contributed by atoms with van der Waals surface area (Å²) in [4.78, 5) is 36.1. The van der Waals surface area contributed by atoms with Gasteiger partial charge >= 0.3 is 0 Å². The normalized spacial score (nSPS) is 11.8. The molecule has 1 unspecified atom stereocenters. The van der Waals surface area contributed by atoms with Gasteiger partial charge in [0.2, 0.25) is 5.91 Å². The number of anilines is 1. The Kier molecular flexibility index (Phi) is 5.13. The Hall–Kier alpha value is -3.33. The van der Waals surface area contributed by atoms with Gasteiger partial charge in [-0.3, -0.25) is 19.7 Å². The van der Waals surface area contributed by atoms with E-state index in [1.54, 1.807) is 26.0 Å². The summed E-state index contributed by atoms with van der Waals surface area (Å²) in [5, 5.41) is 19.8. The number of thiophene rings is 1. The van der Waals surface area contributed by atoms with Crippen molar-refractivity contribution in [2.75, 3.05) is 5.32 Å². The average Bonchev–Trinajstić information content (AvgIpc) is 3.17. The lowest BCUT2D eigenvalue weighted by atomic mass is 10.1. The van der Waals surface area contributed by atoms with Gasteiger partial charge in [0.15, 0.2) is 0 Å². The Morgan fingerprint density at radius 1 is 1.30 bits per heavy atom. The molecule has 0 aliphatic rings. The molecule has 0 fully saturated rings. The fourth-order valence-electron chi connectivity index (χ4n) is 2.46. The summed E-state index contributed by atoms with van der Waals surface area (Å²) in [6, 6.07) is 10.0. The minimum Gasteiger partial charge on any atom is -0.324 e. The summed E-state index contributed by atoms with van der Waals surface area (Å²) in [7, 11) is 0. The van der Waals surface area contributed by atoms with E-state index in [9.17, 15) is 19.7 Å². The van der Waals surface area contributed by atoms with Gasteiger partial charge in [0.1, 0.15) is 11.7 Å². The highest BCUT2D eigenvalue weighted by atomic mass is 32.1. The summed E-state index contributed by atoms with van der Waals surface area (Å²) >= 11 is 1.48. The number of aryl methyl sites for hydroxylation is 1. The first-order chi connectivity index (χ1) is 12.9. The Morgan fingerprint density at radius 2 is 2.07 bits per heavy atom. The first kappa shape index (κ1) is 18.5. The standard InChI is InChI=1S/C18H16N4O4S/c1-11-5-6-13(22(25)26)10-15(11)19-18(24)12(2)21-17(23)8-7-14(20-21)16-4-3-9-27-16/h3-10,12H,1-2H3,(H,19,24). The number of non-ortho nitro benzene ring substituents is 1. The van der Waals surface area contributed by atoms with Crippen molar-refractivity contribution in [3.63, 3.8) is 0 Å². The number of carbonyl (C=O) groups is 1. The number of aromatic nitrogens is 2. The van der Waals surface area contributed by atoms with Crippen molar-refractivity contribution in [2.45, 2.75) is 19.9 Å². The molecular weight excluding hydrogens is 368 g/mol. The number of amides is 1. The maximum atomic E-state index is 12.6. The van der Waals surface area contributed by atoms with Crippen LogP contribution in [0.5, 0.6) is 0 Å². The predicted molar refractivity (Wildman–Crippen MR) is 103 cm³/mol. The van der Waals surface area contributed by atoms with Gasteiger partial charge in [-0.05, 0) is 36.9 Å². The largest absolute Gasteiger partial charge is 0.324 e. The third-order valence-corrected chi connectivity index (χ3v) is 4.93. The van der Waals surface area contributed by atoms with Crippen LogP contribution < -0.4 is 10.9 Å². The molecule has 0 spiro atoms. The second kappa shape index (κ2) is 7.50. The first-order valence-electron chi connectivity index (χ1n) is 8.06. The average molecular weight is 384 g/mol. The smallest absolute Gasteiger partial charge is 0.271 e. The van der Waals surface area contributed by atoms with Crippen LogP contribution in [0.2, 0.25) is 0 Å². The monoisotopic (exact) mass is 384 g/mol. The molecule has 3 rings (SSSR count). The number of hydrogen-bond donors (Lipinski definition) is 1. The van der Waals surface area contributed by atoms with Crippen LogP contribution in [-0.4, -0.2) is 20.6 Å². The number of nitrogens with one attached hydrogen (secondary N) is 1. The predicted octanol–water partition coefficient (Wildman–Crippen LogP) is 3.39. The molecule has 1 amide bonds. The van der Waals surface area contributed by atoms with Crippen molar-refractivity contribution in [3.05, 3.63) is 73.9 Å². The summed E-state index contributed by atoms with van der Waals surface area (Å²) < 4.78 is 1.11. The zero-order chi connectivity index (χ0) is 19.6. The quantitative estimate of drug-likeness (QED) is 0.536. The van der Waals surface area contributed by atoms with E-state index in [1.807, 2.05) is 17.5 Å². The van der Waals surface area contributed by atoms with Gasteiger partial charge in [0, 0.05) is 18.2 Å². The van der Waals surface area contributed by atoms with E-state index < -0.39 is 22.4 Å². The molecule has 3 aromatic rings. The third kappa shape index (κ3) is 3.93. The van der Waals surface area contributed by atoms with Crippen molar-refractivity contribution >= 4 is 28.6 Å². The third-order valence-electron chi connectivity index (χ3n) is 4.03. The second-order valence-corrected chi connectivity index (χ2v) is 6.85. The molecule has 0 bridgehead atoms. The molecule has 1 aromatic carbocycles. The molecule has 0 radical (unpaired) electrons. The van der Waals surface area contributed by atoms with E-state index in [0.29, 0.717) is 16.9 Å². The lowest BCUT2D eigenvalue weighted by Gasteiger charge is -2.15. The van der Waals surface area contributed by atoms with Crippen LogP contribution in [0.25, 0.3) is 10.6 Å². The van der Waals surface area contributed by atoms with E-state index in [2.05, 4.69) is 10.4 Å².